The van der Waals surface area contributed by atoms with Gasteiger partial charge in [0, 0.05) is 18.5 Å². The van der Waals surface area contributed by atoms with Crippen LogP contribution in [0.15, 0.2) is 29.3 Å². The Bertz CT molecular complexity index is 592. The highest BCUT2D eigenvalue weighted by Gasteiger charge is 2.10. The lowest BCUT2D eigenvalue weighted by atomic mass is 10.3. The summed E-state index contributed by atoms with van der Waals surface area (Å²) in [7, 11) is 0. The van der Waals surface area contributed by atoms with E-state index in [1.54, 1.807) is 0 Å². The van der Waals surface area contributed by atoms with Gasteiger partial charge in [-0.2, -0.15) is 5.10 Å². The number of halogens is 1. The third kappa shape index (κ3) is 2.64. The second-order valence-corrected chi connectivity index (χ2v) is 3.31. The second-order valence-electron chi connectivity index (χ2n) is 2.96. The van der Waals surface area contributed by atoms with Crippen LogP contribution in [-0.2, 0) is 0 Å². The SMILES string of the molecule is O=C(Nc1nccnc1Cl)c1ccc(=O)[nH]n1. The summed E-state index contributed by atoms with van der Waals surface area (Å²) < 4.78 is 0. The monoisotopic (exact) mass is 251 g/mol. The largest absolute Gasteiger partial charge is 0.303 e. The van der Waals surface area contributed by atoms with E-state index in [9.17, 15) is 9.59 Å². The first-order valence-electron chi connectivity index (χ1n) is 4.50. The van der Waals surface area contributed by atoms with E-state index in [0.717, 1.165) is 0 Å². The van der Waals surface area contributed by atoms with E-state index >= 15 is 0 Å². The van der Waals surface area contributed by atoms with Crippen LogP contribution in [0.3, 0.4) is 0 Å². The van der Waals surface area contributed by atoms with Crippen molar-refractivity contribution in [3.8, 4) is 0 Å². The first kappa shape index (κ1) is 11.2. The highest BCUT2D eigenvalue weighted by atomic mass is 35.5. The number of amides is 1. The molecule has 0 saturated carbocycles. The van der Waals surface area contributed by atoms with E-state index in [-0.39, 0.29) is 22.2 Å². The summed E-state index contributed by atoms with van der Waals surface area (Å²) in [5.74, 6) is -0.407. The van der Waals surface area contributed by atoms with Crippen LogP contribution >= 0.6 is 11.6 Å². The first-order valence-corrected chi connectivity index (χ1v) is 4.88. The summed E-state index contributed by atoms with van der Waals surface area (Å²) >= 11 is 5.71. The zero-order valence-electron chi connectivity index (χ0n) is 8.35. The fraction of sp³-hybridized carbons (Fsp3) is 0. The number of aromatic amines is 1. The minimum atomic E-state index is -0.538. The Morgan fingerprint density at radius 1 is 1.29 bits per heavy atom. The van der Waals surface area contributed by atoms with E-state index in [1.165, 1.54) is 24.5 Å². The Balaban J connectivity index is 2.20. The molecule has 0 aliphatic heterocycles. The molecule has 8 heteroatoms. The van der Waals surface area contributed by atoms with E-state index in [2.05, 4.69) is 25.5 Å². The van der Waals surface area contributed by atoms with Crippen molar-refractivity contribution < 1.29 is 4.79 Å². The lowest BCUT2D eigenvalue weighted by Crippen LogP contribution is -2.18. The molecule has 0 unspecified atom stereocenters. The van der Waals surface area contributed by atoms with Gasteiger partial charge in [-0.3, -0.25) is 9.59 Å². The van der Waals surface area contributed by atoms with Crippen LogP contribution in [0.25, 0.3) is 0 Å². The smallest absolute Gasteiger partial charge is 0.277 e. The minimum absolute atomic E-state index is 0.0475. The molecule has 0 aromatic carbocycles. The number of aromatic nitrogens is 4. The molecule has 0 saturated heterocycles. The average molecular weight is 252 g/mol. The molecule has 7 nitrogen and oxygen atoms in total. The maximum absolute atomic E-state index is 11.7. The van der Waals surface area contributed by atoms with Crippen molar-refractivity contribution in [2.45, 2.75) is 0 Å². The standard InChI is InChI=1S/C9H6ClN5O2/c10-7-8(12-4-3-11-7)13-9(17)5-1-2-6(16)15-14-5/h1-4H,(H,15,16)(H,12,13,17). The summed E-state index contributed by atoms with van der Waals surface area (Å²) in [5, 5.41) is 8.20. The van der Waals surface area contributed by atoms with Gasteiger partial charge in [0.2, 0.25) is 0 Å². The molecule has 1 amide bonds. The molecule has 0 aliphatic rings. The fourth-order valence-electron chi connectivity index (χ4n) is 1.05. The number of rotatable bonds is 2. The molecule has 0 spiro atoms. The molecule has 86 valence electrons. The highest BCUT2D eigenvalue weighted by molar-refractivity contribution is 6.32. The molecule has 17 heavy (non-hydrogen) atoms. The second kappa shape index (κ2) is 4.71. The van der Waals surface area contributed by atoms with Crippen LogP contribution in [0.5, 0.6) is 0 Å². The Hall–Kier alpha value is -2.28. The summed E-state index contributed by atoms with van der Waals surface area (Å²) in [5.41, 5.74) is -0.342. The number of H-pyrrole nitrogens is 1. The molecule has 2 aromatic rings. The van der Waals surface area contributed by atoms with Gasteiger partial charge in [0.25, 0.3) is 11.5 Å². The molecular formula is C9H6ClN5O2. The number of nitrogens with zero attached hydrogens (tertiary/aromatic N) is 3. The lowest BCUT2D eigenvalue weighted by molar-refractivity contribution is 0.102. The molecule has 0 atom stereocenters. The predicted molar refractivity (Wildman–Crippen MR) is 59.9 cm³/mol. The van der Waals surface area contributed by atoms with Crippen LogP contribution in [0.4, 0.5) is 5.82 Å². The summed E-state index contributed by atoms with van der Waals surface area (Å²) in [6.07, 6.45) is 2.79. The Kier molecular flexibility index (Phi) is 3.10. The zero-order chi connectivity index (χ0) is 12.3. The molecule has 0 fully saturated rings. The van der Waals surface area contributed by atoms with Crippen LogP contribution in [0, 0.1) is 0 Å². The molecule has 2 N–H and O–H groups in total. The van der Waals surface area contributed by atoms with Gasteiger partial charge in [0.05, 0.1) is 0 Å². The first-order chi connectivity index (χ1) is 8.16. The van der Waals surface area contributed by atoms with Crippen molar-refractivity contribution >= 4 is 23.3 Å². The third-order valence-corrected chi connectivity index (χ3v) is 2.07. The van der Waals surface area contributed by atoms with Crippen molar-refractivity contribution in [1.82, 2.24) is 20.2 Å². The van der Waals surface area contributed by atoms with Gasteiger partial charge < -0.3 is 5.32 Å². The topological polar surface area (TPSA) is 101 Å². The Morgan fingerprint density at radius 3 is 2.71 bits per heavy atom. The lowest BCUT2D eigenvalue weighted by Gasteiger charge is -2.03. The number of hydrogen-bond acceptors (Lipinski definition) is 5. The Morgan fingerprint density at radius 2 is 2.06 bits per heavy atom. The van der Waals surface area contributed by atoms with Crippen molar-refractivity contribution in [2.75, 3.05) is 5.32 Å². The molecule has 2 aromatic heterocycles. The molecule has 0 radical (unpaired) electrons. The van der Waals surface area contributed by atoms with Crippen molar-refractivity contribution in [3.05, 3.63) is 45.7 Å². The van der Waals surface area contributed by atoms with Gasteiger partial charge in [-0.25, -0.2) is 15.1 Å². The number of carbonyl (C=O) groups excluding carboxylic acids is 1. The molecule has 0 aliphatic carbocycles. The summed E-state index contributed by atoms with van der Waals surface area (Å²) in [6, 6.07) is 2.48. The quantitative estimate of drug-likeness (QED) is 0.808. The molecule has 2 rings (SSSR count). The Labute approximate surface area is 99.9 Å². The van der Waals surface area contributed by atoms with E-state index in [4.69, 9.17) is 11.6 Å². The fourth-order valence-corrected chi connectivity index (χ4v) is 1.20. The van der Waals surface area contributed by atoms with Crippen molar-refractivity contribution in [2.24, 2.45) is 0 Å². The predicted octanol–water partition coefficient (Wildman–Crippen LogP) is 0.466. The van der Waals surface area contributed by atoms with Gasteiger partial charge in [0.15, 0.2) is 11.0 Å². The van der Waals surface area contributed by atoms with Crippen LogP contribution < -0.4 is 10.9 Å². The van der Waals surface area contributed by atoms with Crippen LogP contribution in [0.1, 0.15) is 10.5 Å². The number of anilines is 1. The van der Waals surface area contributed by atoms with Crippen molar-refractivity contribution in [3.63, 3.8) is 0 Å². The van der Waals surface area contributed by atoms with Crippen LogP contribution in [0.2, 0.25) is 5.15 Å². The van der Waals surface area contributed by atoms with Crippen molar-refractivity contribution in [1.29, 1.82) is 0 Å². The van der Waals surface area contributed by atoms with Gasteiger partial charge >= 0.3 is 0 Å². The average Bonchev–Trinajstić information content (AvgIpc) is 2.33. The summed E-state index contributed by atoms with van der Waals surface area (Å²) in [4.78, 5) is 30.0. The molecular weight excluding hydrogens is 246 g/mol. The highest BCUT2D eigenvalue weighted by Crippen LogP contribution is 2.14. The third-order valence-electron chi connectivity index (χ3n) is 1.80. The van der Waals surface area contributed by atoms with Gasteiger partial charge in [0.1, 0.15) is 5.69 Å². The number of carbonyl (C=O) groups is 1. The van der Waals surface area contributed by atoms with Gasteiger partial charge in [-0.05, 0) is 6.07 Å². The van der Waals surface area contributed by atoms with E-state index < -0.39 is 5.91 Å². The van der Waals surface area contributed by atoms with E-state index in [1.807, 2.05) is 0 Å². The zero-order valence-corrected chi connectivity index (χ0v) is 9.10. The maximum Gasteiger partial charge on any atom is 0.277 e. The van der Waals surface area contributed by atoms with E-state index in [0.29, 0.717) is 0 Å². The minimum Gasteiger partial charge on any atom is -0.303 e. The molecule has 0 bridgehead atoms. The molecule has 2 heterocycles. The maximum atomic E-state index is 11.7. The van der Waals surface area contributed by atoms with Crippen LogP contribution in [-0.4, -0.2) is 26.1 Å². The van der Waals surface area contributed by atoms with Gasteiger partial charge in [-0.1, -0.05) is 11.6 Å². The summed E-state index contributed by atoms with van der Waals surface area (Å²) in [6.45, 7) is 0. The number of hydrogen-bond donors (Lipinski definition) is 2. The normalized spacial score (nSPS) is 9.94. The number of nitrogens with one attached hydrogen (secondary N) is 2. The van der Waals surface area contributed by atoms with Gasteiger partial charge in [-0.15, -0.1) is 0 Å².